The van der Waals surface area contributed by atoms with Crippen molar-refractivity contribution in [3.8, 4) is 5.75 Å². The van der Waals surface area contributed by atoms with Crippen LogP contribution >= 0.6 is 23.2 Å². The first-order valence-corrected chi connectivity index (χ1v) is 10.5. The third kappa shape index (κ3) is 6.94. The van der Waals surface area contributed by atoms with Crippen LogP contribution in [0.15, 0.2) is 48.5 Å². The van der Waals surface area contributed by atoms with Crippen molar-refractivity contribution < 1.29 is 9.84 Å². The van der Waals surface area contributed by atoms with Crippen LogP contribution in [0.4, 0.5) is 0 Å². The number of aliphatic hydroxyl groups is 1. The molecule has 1 atom stereocenters. The molecule has 2 aromatic rings. The fourth-order valence-electron chi connectivity index (χ4n) is 3.35. The quantitative estimate of drug-likeness (QED) is 0.662. The fourth-order valence-corrected chi connectivity index (χ4v) is 3.66. The highest BCUT2D eigenvalue weighted by Gasteiger charge is 2.25. The smallest absolute Gasteiger partial charge is 0.120 e. The Morgan fingerprint density at radius 1 is 1.11 bits per heavy atom. The Hall–Kier alpha value is -1.30. The minimum atomic E-state index is -0.942. The van der Waals surface area contributed by atoms with Crippen molar-refractivity contribution in [2.24, 2.45) is 0 Å². The van der Waals surface area contributed by atoms with Crippen molar-refractivity contribution in [3.05, 3.63) is 64.1 Å². The van der Waals surface area contributed by atoms with Gasteiger partial charge in [-0.1, -0.05) is 41.4 Å². The minimum Gasteiger partial charge on any atom is -0.491 e. The first kappa shape index (κ1) is 21.4. The summed E-state index contributed by atoms with van der Waals surface area (Å²) >= 11 is 11.9. The number of hydrogen-bond acceptors (Lipinski definition) is 4. The van der Waals surface area contributed by atoms with Crippen molar-refractivity contribution in [3.63, 3.8) is 0 Å². The van der Waals surface area contributed by atoms with Gasteiger partial charge in [-0.15, -0.1) is 0 Å². The highest BCUT2D eigenvalue weighted by molar-refractivity contribution is 6.30. The van der Waals surface area contributed by atoms with E-state index < -0.39 is 5.60 Å². The second-order valence-electron chi connectivity index (χ2n) is 7.80. The molecule has 152 valence electrons. The van der Waals surface area contributed by atoms with E-state index >= 15 is 0 Å². The van der Waals surface area contributed by atoms with Gasteiger partial charge in [-0.05, 0) is 68.8 Å². The van der Waals surface area contributed by atoms with Crippen LogP contribution < -0.4 is 10.1 Å². The Labute approximate surface area is 177 Å². The van der Waals surface area contributed by atoms with Crippen molar-refractivity contribution in [1.29, 1.82) is 0 Å². The molecule has 4 nitrogen and oxygen atoms in total. The van der Waals surface area contributed by atoms with Gasteiger partial charge >= 0.3 is 0 Å². The van der Waals surface area contributed by atoms with E-state index in [0.717, 1.165) is 37.5 Å². The standard InChI is InChI=1S/C22H28Cl2N2O2/c1-22(27,16-28-21-4-2-3-19(24)13-21)15-25-20-9-11-26(12-10-20)14-17-5-7-18(23)8-6-17/h2-8,13,20,25,27H,9-12,14-16H2,1H3/t22-/m0/s1. The van der Waals surface area contributed by atoms with Crippen LogP contribution in [0, 0.1) is 0 Å². The maximum absolute atomic E-state index is 10.6. The van der Waals surface area contributed by atoms with E-state index in [9.17, 15) is 5.11 Å². The molecule has 3 rings (SSSR count). The molecule has 0 bridgehead atoms. The van der Waals surface area contributed by atoms with E-state index in [0.29, 0.717) is 23.4 Å². The summed E-state index contributed by atoms with van der Waals surface area (Å²) in [4.78, 5) is 2.46. The molecular formula is C22H28Cl2N2O2. The molecule has 0 unspecified atom stereocenters. The van der Waals surface area contributed by atoms with Crippen LogP contribution in [-0.4, -0.2) is 47.9 Å². The highest BCUT2D eigenvalue weighted by atomic mass is 35.5. The number of halogens is 2. The topological polar surface area (TPSA) is 44.7 Å². The van der Waals surface area contributed by atoms with Gasteiger partial charge in [-0.3, -0.25) is 4.90 Å². The Kier molecular flexibility index (Phi) is 7.61. The molecule has 1 saturated heterocycles. The molecule has 1 aliphatic heterocycles. The minimum absolute atomic E-state index is 0.218. The maximum atomic E-state index is 10.6. The van der Waals surface area contributed by atoms with Crippen molar-refractivity contribution in [2.45, 2.75) is 38.0 Å². The molecule has 1 fully saturated rings. The van der Waals surface area contributed by atoms with Crippen LogP contribution in [0.1, 0.15) is 25.3 Å². The van der Waals surface area contributed by atoms with Gasteiger partial charge in [0, 0.05) is 29.2 Å². The number of nitrogens with zero attached hydrogens (tertiary/aromatic N) is 1. The monoisotopic (exact) mass is 422 g/mol. The Balaban J connectivity index is 1.37. The molecule has 1 heterocycles. The summed E-state index contributed by atoms with van der Waals surface area (Å²) in [6.45, 7) is 5.55. The lowest BCUT2D eigenvalue weighted by Crippen LogP contribution is -2.49. The molecule has 2 aromatic carbocycles. The van der Waals surface area contributed by atoms with Gasteiger partial charge in [-0.2, -0.15) is 0 Å². The van der Waals surface area contributed by atoms with E-state index in [1.165, 1.54) is 5.56 Å². The van der Waals surface area contributed by atoms with Crippen LogP contribution in [0.2, 0.25) is 10.0 Å². The second-order valence-corrected chi connectivity index (χ2v) is 8.67. The highest BCUT2D eigenvalue weighted by Crippen LogP contribution is 2.19. The summed E-state index contributed by atoms with van der Waals surface area (Å²) in [7, 11) is 0. The molecule has 1 aliphatic rings. The number of likely N-dealkylation sites (tertiary alicyclic amines) is 1. The molecule has 0 spiro atoms. The number of ether oxygens (including phenoxy) is 1. The maximum Gasteiger partial charge on any atom is 0.120 e. The molecule has 0 saturated carbocycles. The lowest BCUT2D eigenvalue weighted by atomic mass is 10.0. The third-order valence-electron chi connectivity index (χ3n) is 5.02. The summed E-state index contributed by atoms with van der Waals surface area (Å²) in [6.07, 6.45) is 2.14. The molecule has 0 aliphatic carbocycles. The summed E-state index contributed by atoms with van der Waals surface area (Å²) in [5.74, 6) is 0.670. The summed E-state index contributed by atoms with van der Waals surface area (Å²) < 4.78 is 5.69. The van der Waals surface area contributed by atoms with Gasteiger partial charge < -0.3 is 15.2 Å². The van der Waals surface area contributed by atoms with E-state index in [4.69, 9.17) is 27.9 Å². The molecule has 2 N–H and O–H groups in total. The molecule has 0 amide bonds. The van der Waals surface area contributed by atoms with Gasteiger partial charge in [0.15, 0.2) is 0 Å². The van der Waals surface area contributed by atoms with Gasteiger partial charge in [0.1, 0.15) is 18.0 Å². The van der Waals surface area contributed by atoms with E-state index in [2.05, 4.69) is 22.3 Å². The molecular weight excluding hydrogens is 395 g/mol. The fraction of sp³-hybridized carbons (Fsp3) is 0.455. The average molecular weight is 423 g/mol. The zero-order chi connectivity index (χ0) is 20.0. The summed E-state index contributed by atoms with van der Waals surface area (Å²) in [5.41, 5.74) is 0.347. The van der Waals surface area contributed by atoms with Crippen LogP contribution in [0.5, 0.6) is 5.75 Å². The zero-order valence-electron chi connectivity index (χ0n) is 16.2. The molecule has 0 radical (unpaired) electrons. The summed E-state index contributed by atoms with van der Waals surface area (Å²) in [6, 6.07) is 15.7. The van der Waals surface area contributed by atoms with Crippen molar-refractivity contribution in [2.75, 3.05) is 26.2 Å². The number of piperidine rings is 1. The van der Waals surface area contributed by atoms with E-state index in [1.807, 2.05) is 24.3 Å². The zero-order valence-corrected chi connectivity index (χ0v) is 17.7. The summed E-state index contributed by atoms with van der Waals surface area (Å²) in [5, 5.41) is 15.5. The van der Waals surface area contributed by atoms with E-state index in [1.54, 1.807) is 19.1 Å². The number of hydrogen-bond donors (Lipinski definition) is 2. The van der Waals surface area contributed by atoms with Gasteiger partial charge in [0.05, 0.1) is 0 Å². The number of nitrogens with one attached hydrogen (secondary N) is 1. The number of rotatable bonds is 8. The second kappa shape index (κ2) is 9.95. The number of benzene rings is 2. The normalized spacial score (nSPS) is 18.0. The van der Waals surface area contributed by atoms with Crippen molar-refractivity contribution in [1.82, 2.24) is 10.2 Å². The third-order valence-corrected chi connectivity index (χ3v) is 5.51. The van der Waals surface area contributed by atoms with Crippen LogP contribution in [-0.2, 0) is 6.54 Å². The van der Waals surface area contributed by atoms with Crippen molar-refractivity contribution >= 4 is 23.2 Å². The Morgan fingerprint density at radius 2 is 1.82 bits per heavy atom. The van der Waals surface area contributed by atoms with Gasteiger partial charge in [0.2, 0.25) is 0 Å². The molecule has 28 heavy (non-hydrogen) atoms. The van der Waals surface area contributed by atoms with Gasteiger partial charge in [-0.25, -0.2) is 0 Å². The average Bonchev–Trinajstić information content (AvgIpc) is 2.68. The first-order valence-electron chi connectivity index (χ1n) is 9.71. The lowest BCUT2D eigenvalue weighted by Gasteiger charge is -2.34. The SMILES string of the molecule is C[C@](O)(CNC1CCN(Cc2ccc(Cl)cc2)CC1)COc1cccc(Cl)c1. The van der Waals surface area contributed by atoms with E-state index in [-0.39, 0.29) is 6.61 Å². The Morgan fingerprint density at radius 3 is 2.50 bits per heavy atom. The lowest BCUT2D eigenvalue weighted by molar-refractivity contribution is 0.00816. The first-order chi connectivity index (χ1) is 13.4. The molecule has 0 aromatic heterocycles. The largest absolute Gasteiger partial charge is 0.491 e. The van der Waals surface area contributed by atoms with Crippen LogP contribution in [0.3, 0.4) is 0 Å². The van der Waals surface area contributed by atoms with Gasteiger partial charge in [0.25, 0.3) is 0 Å². The predicted octanol–water partition coefficient (Wildman–Crippen LogP) is 4.38. The Bertz CT molecular complexity index is 744. The van der Waals surface area contributed by atoms with Crippen LogP contribution in [0.25, 0.3) is 0 Å². The molecule has 6 heteroatoms. The predicted molar refractivity (Wildman–Crippen MR) is 115 cm³/mol.